The van der Waals surface area contributed by atoms with E-state index in [1.807, 2.05) is 4.90 Å². The number of fused-ring (bicyclic) bond motifs is 1. The molecule has 1 saturated heterocycles. The highest BCUT2D eigenvalue weighted by Crippen LogP contribution is 2.30. The second-order valence-corrected chi connectivity index (χ2v) is 8.37. The monoisotopic (exact) mass is 479 g/mol. The van der Waals surface area contributed by atoms with Gasteiger partial charge in [-0.3, -0.25) is 10.2 Å². The Balaban J connectivity index is 1.31. The first kappa shape index (κ1) is 22.0. The summed E-state index contributed by atoms with van der Waals surface area (Å²) in [6.07, 6.45) is 1.53. The number of benzene rings is 2. The number of aliphatic imine (C=N–C) groups is 1. The van der Waals surface area contributed by atoms with Gasteiger partial charge in [0.25, 0.3) is 5.91 Å². The summed E-state index contributed by atoms with van der Waals surface area (Å²) in [6, 6.07) is 11.9. The minimum atomic E-state index is -0.809. The van der Waals surface area contributed by atoms with Gasteiger partial charge in [0.1, 0.15) is 11.6 Å². The second-order valence-electron chi connectivity index (χ2n) is 7.44. The van der Waals surface area contributed by atoms with E-state index in [1.165, 1.54) is 53.2 Å². The number of hydrazone groups is 1. The fourth-order valence-corrected chi connectivity index (χ4v) is 4.40. The van der Waals surface area contributed by atoms with Crippen LogP contribution in [0.3, 0.4) is 0 Å². The van der Waals surface area contributed by atoms with Crippen LogP contribution in [0.25, 0.3) is 6.08 Å². The molecule has 0 saturated carbocycles. The van der Waals surface area contributed by atoms with Crippen molar-refractivity contribution in [1.29, 1.82) is 5.41 Å². The molecule has 3 heterocycles. The van der Waals surface area contributed by atoms with Gasteiger partial charge >= 0.3 is 5.97 Å². The first-order valence-corrected chi connectivity index (χ1v) is 11.2. The van der Waals surface area contributed by atoms with E-state index in [2.05, 4.69) is 10.1 Å². The summed E-state index contributed by atoms with van der Waals surface area (Å²) in [5.74, 6) is -1.85. The molecule has 1 fully saturated rings. The van der Waals surface area contributed by atoms with Gasteiger partial charge in [-0.1, -0.05) is 24.3 Å². The molecule has 0 spiro atoms. The lowest BCUT2D eigenvalue weighted by Crippen LogP contribution is -2.39. The molecule has 2 aromatic rings. The predicted octanol–water partition coefficient (Wildman–Crippen LogP) is 2.95. The average Bonchev–Trinajstić information content (AvgIpc) is 3.28. The molecule has 1 N–H and O–H groups in total. The molecule has 0 aromatic heterocycles. The number of carbonyl (C=O) groups is 2. The van der Waals surface area contributed by atoms with E-state index in [-0.39, 0.29) is 22.7 Å². The zero-order valence-corrected chi connectivity index (χ0v) is 18.5. The highest BCUT2D eigenvalue weighted by Gasteiger charge is 2.37. The Morgan fingerprint density at radius 1 is 1.12 bits per heavy atom. The largest absolute Gasteiger partial charge is 0.423 e. The fourth-order valence-electron chi connectivity index (χ4n) is 3.45. The molecule has 0 aliphatic carbocycles. The van der Waals surface area contributed by atoms with E-state index >= 15 is 0 Å². The molecule has 3 aliphatic rings. The van der Waals surface area contributed by atoms with Gasteiger partial charge in [0.05, 0.1) is 24.4 Å². The van der Waals surface area contributed by atoms with Gasteiger partial charge < -0.3 is 14.4 Å². The third-order valence-electron chi connectivity index (χ3n) is 5.22. The quantitative estimate of drug-likeness (QED) is 0.410. The first-order chi connectivity index (χ1) is 16.5. The Labute approximate surface area is 198 Å². The number of nitrogens with one attached hydrogen (secondary N) is 1. The first-order valence-electron chi connectivity index (χ1n) is 10.4. The lowest BCUT2D eigenvalue weighted by atomic mass is 10.1. The third kappa shape index (κ3) is 4.35. The normalized spacial score (nSPS) is 19.1. The Morgan fingerprint density at radius 2 is 1.85 bits per heavy atom. The van der Waals surface area contributed by atoms with E-state index in [0.29, 0.717) is 42.2 Å². The molecule has 5 rings (SSSR count). The van der Waals surface area contributed by atoms with Crippen LogP contribution < -0.4 is 4.74 Å². The summed E-state index contributed by atoms with van der Waals surface area (Å²) in [5, 5.41) is 15.4. The summed E-state index contributed by atoms with van der Waals surface area (Å²) < 4.78 is 24.3. The number of morpholine rings is 1. The number of carbonyl (C=O) groups excluding carboxylic acids is 2. The molecule has 34 heavy (non-hydrogen) atoms. The predicted molar refractivity (Wildman–Crippen MR) is 125 cm³/mol. The number of ether oxygens (including phenoxy) is 2. The van der Waals surface area contributed by atoms with Crippen LogP contribution in [0, 0.1) is 11.2 Å². The standard InChI is InChI=1S/C23H18FN5O4S/c24-18-4-2-1-3-16(18)21(31)33-15-7-5-14(6-8-15)13-17-19(25)29-22(26-20(17)30)34-23(27-29)28-9-11-32-12-10-28/h1-8,13,25H,9-12H2/b17-13-,25-19?. The van der Waals surface area contributed by atoms with E-state index in [4.69, 9.17) is 14.9 Å². The van der Waals surface area contributed by atoms with Gasteiger partial charge in [-0.25, -0.2) is 9.18 Å². The molecular weight excluding hydrogens is 461 g/mol. The maximum atomic E-state index is 13.8. The average molecular weight is 479 g/mol. The van der Waals surface area contributed by atoms with Gasteiger partial charge in [0.15, 0.2) is 11.0 Å². The molecular formula is C23H18FN5O4S. The Hall–Kier alpha value is -3.83. The fraction of sp³-hybridized carbons (Fsp3) is 0.174. The van der Waals surface area contributed by atoms with Gasteiger partial charge in [0.2, 0.25) is 5.17 Å². The van der Waals surface area contributed by atoms with Gasteiger partial charge in [0, 0.05) is 13.1 Å². The lowest BCUT2D eigenvalue weighted by molar-refractivity contribution is -0.114. The SMILES string of the molecule is N=C1/C(=C/c2ccc(OC(=O)c3ccccc3F)cc2)C(=O)N=C2SC(N3CCOCC3)=NN12. The molecule has 11 heteroatoms. The molecule has 0 unspecified atom stereocenters. The van der Waals surface area contributed by atoms with Crippen LogP contribution in [0.4, 0.5) is 4.39 Å². The van der Waals surface area contributed by atoms with E-state index in [1.54, 1.807) is 18.2 Å². The van der Waals surface area contributed by atoms with Crippen LogP contribution in [0.15, 0.2) is 64.2 Å². The van der Waals surface area contributed by atoms with Crippen LogP contribution in [-0.2, 0) is 9.53 Å². The topological polar surface area (TPSA) is 108 Å². The number of hydrogen-bond donors (Lipinski definition) is 1. The van der Waals surface area contributed by atoms with Crippen LogP contribution in [-0.4, -0.2) is 64.3 Å². The summed E-state index contributed by atoms with van der Waals surface area (Å²) in [7, 11) is 0. The lowest BCUT2D eigenvalue weighted by Gasteiger charge is -2.26. The highest BCUT2D eigenvalue weighted by molar-refractivity contribution is 8.26. The highest BCUT2D eigenvalue weighted by atomic mass is 32.2. The molecule has 0 bridgehead atoms. The second kappa shape index (κ2) is 9.20. The van der Waals surface area contributed by atoms with E-state index < -0.39 is 17.7 Å². The van der Waals surface area contributed by atoms with E-state index in [9.17, 15) is 14.0 Å². The van der Waals surface area contributed by atoms with Crippen LogP contribution in [0.2, 0.25) is 0 Å². The number of hydrogen-bond acceptors (Lipinski definition) is 8. The molecule has 9 nitrogen and oxygen atoms in total. The van der Waals surface area contributed by atoms with Crippen molar-refractivity contribution in [2.75, 3.05) is 26.3 Å². The molecule has 0 radical (unpaired) electrons. The Bertz CT molecular complexity index is 1270. The van der Waals surface area contributed by atoms with Crippen LogP contribution in [0.5, 0.6) is 5.75 Å². The van der Waals surface area contributed by atoms with Gasteiger partial charge in [-0.05, 0) is 47.7 Å². The molecule has 2 aromatic carbocycles. The Morgan fingerprint density at radius 3 is 2.59 bits per heavy atom. The summed E-state index contributed by atoms with van der Waals surface area (Å²) in [4.78, 5) is 30.9. The van der Waals surface area contributed by atoms with Gasteiger partial charge in [-0.2, -0.15) is 10.0 Å². The van der Waals surface area contributed by atoms with Crippen molar-refractivity contribution in [1.82, 2.24) is 9.91 Å². The molecule has 1 amide bonds. The van der Waals surface area contributed by atoms with Crippen molar-refractivity contribution in [3.63, 3.8) is 0 Å². The van der Waals surface area contributed by atoms with Crippen molar-refractivity contribution in [3.8, 4) is 5.75 Å². The van der Waals surface area contributed by atoms with Crippen LogP contribution in [0.1, 0.15) is 15.9 Å². The molecule has 3 aliphatic heterocycles. The maximum absolute atomic E-state index is 13.8. The van der Waals surface area contributed by atoms with Crippen molar-refractivity contribution in [3.05, 3.63) is 71.0 Å². The summed E-state index contributed by atoms with van der Waals surface area (Å²) >= 11 is 1.26. The van der Waals surface area contributed by atoms with Crippen LogP contribution >= 0.6 is 11.8 Å². The summed E-state index contributed by atoms with van der Waals surface area (Å²) in [6.45, 7) is 2.56. The maximum Gasteiger partial charge on any atom is 0.346 e. The van der Waals surface area contributed by atoms with Crippen molar-refractivity contribution in [2.45, 2.75) is 0 Å². The Kier molecular flexibility index (Phi) is 5.95. The van der Waals surface area contributed by atoms with Crippen molar-refractivity contribution in [2.24, 2.45) is 10.1 Å². The molecule has 0 atom stereocenters. The number of amides is 1. The van der Waals surface area contributed by atoms with Crippen molar-refractivity contribution < 1.29 is 23.5 Å². The minimum Gasteiger partial charge on any atom is -0.423 e. The number of rotatable bonds is 3. The number of esters is 1. The number of thioether (sulfide) groups is 1. The van der Waals surface area contributed by atoms with E-state index in [0.717, 1.165) is 0 Å². The number of amidine groups is 3. The third-order valence-corrected chi connectivity index (χ3v) is 6.19. The zero-order chi connectivity index (χ0) is 23.7. The van der Waals surface area contributed by atoms with Crippen molar-refractivity contribution >= 4 is 45.9 Å². The zero-order valence-electron chi connectivity index (χ0n) is 17.7. The smallest absolute Gasteiger partial charge is 0.346 e. The molecule has 172 valence electrons. The minimum absolute atomic E-state index is 0.0687. The number of nitrogens with zero attached hydrogens (tertiary/aromatic N) is 4. The number of halogens is 1. The van der Waals surface area contributed by atoms with Gasteiger partial charge in [-0.15, -0.1) is 5.10 Å². The summed E-state index contributed by atoms with van der Waals surface area (Å²) in [5.41, 5.74) is 0.526.